The Morgan fingerprint density at radius 1 is 1.20 bits per heavy atom. The maximum Gasteiger partial charge on any atom is 0.173 e. The SMILES string of the molecule is COCc1nc(-c2ccc(F)c(F)c2Br)nc(N)c1Br. The maximum absolute atomic E-state index is 13.6. The average Bonchev–Trinajstić information content (AvgIpc) is 2.41. The van der Waals surface area contributed by atoms with Crippen LogP contribution in [-0.2, 0) is 11.3 Å². The highest BCUT2D eigenvalue weighted by molar-refractivity contribution is 9.11. The first kappa shape index (κ1) is 15.3. The van der Waals surface area contributed by atoms with Crippen molar-refractivity contribution >= 4 is 37.7 Å². The van der Waals surface area contributed by atoms with Crippen LogP contribution in [0.3, 0.4) is 0 Å². The van der Waals surface area contributed by atoms with E-state index in [1.807, 2.05) is 0 Å². The Hall–Kier alpha value is -1.12. The summed E-state index contributed by atoms with van der Waals surface area (Å²) in [4.78, 5) is 8.31. The van der Waals surface area contributed by atoms with Gasteiger partial charge in [0.05, 0.1) is 21.2 Å². The molecule has 20 heavy (non-hydrogen) atoms. The quantitative estimate of drug-likeness (QED) is 0.787. The minimum Gasteiger partial charge on any atom is -0.383 e. The first-order valence-electron chi connectivity index (χ1n) is 5.40. The number of anilines is 1. The van der Waals surface area contributed by atoms with Crippen molar-refractivity contribution < 1.29 is 13.5 Å². The van der Waals surface area contributed by atoms with Crippen LogP contribution >= 0.6 is 31.9 Å². The molecule has 1 heterocycles. The molecule has 2 N–H and O–H groups in total. The van der Waals surface area contributed by atoms with Crippen molar-refractivity contribution in [2.24, 2.45) is 0 Å². The van der Waals surface area contributed by atoms with E-state index < -0.39 is 11.6 Å². The van der Waals surface area contributed by atoms with Gasteiger partial charge in [0.25, 0.3) is 0 Å². The second-order valence-electron chi connectivity index (χ2n) is 3.85. The smallest absolute Gasteiger partial charge is 0.173 e. The zero-order valence-electron chi connectivity index (χ0n) is 10.3. The van der Waals surface area contributed by atoms with Gasteiger partial charge in [-0.05, 0) is 44.0 Å². The standard InChI is InChI=1S/C12H9Br2F2N3O/c1-20-4-7-9(14)11(17)19-12(18-7)5-2-3-6(15)10(16)8(5)13/h2-3H,4H2,1H3,(H2,17,18,19). The Kier molecular flexibility index (Phi) is 4.66. The van der Waals surface area contributed by atoms with Crippen LogP contribution in [0.25, 0.3) is 11.4 Å². The van der Waals surface area contributed by atoms with Crippen molar-refractivity contribution in [2.75, 3.05) is 12.8 Å². The molecule has 0 aliphatic heterocycles. The lowest BCUT2D eigenvalue weighted by molar-refractivity contribution is 0.181. The molecule has 1 aromatic heterocycles. The maximum atomic E-state index is 13.6. The molecule has 2 rings (SSSR count). The van der Waals surface area contributed by atoms with E-state index in [1.165, 1.54) is 13.2 Å². The summed E-state index contributed by atoms with van der Waals surface area (Å²) in [5.41, 5.74) is 6.60. The summed E-state index contributed by atoms with van der Waals surface area (Å²) in [7, 11) is 1.51. The minimum atomic E-state index is -0.999. The van der Waals surface area contributed by atoms with Gasteiger partial charge in [-0.2, -0.15) is 0 Å². The number of rotatable bonds is 3. The van der Waals surface area contributed by atoms with E-state index >= 15 is 0 Å². The zero-order valence-corrected chi connectivity index (χ0v) is 13.4. The Morgan fingerprint density at radius 3 is 2.55 bits per heavy atom. The fourth-order valence-corrected chi connectivity index (χ4v) is 2.35. The summed E-state index contributed by atoms with van der Waals surface area (Å²) in [5.74, 6) is -1.58. The minimum absolute atomic E-state index is 0.0532. The third kappa shape index (κ3) is 2.82. The Balaban J connectivity index is 2.61. The van der Waals surface area contributed by atoms with Crippen molar-refractivity contribution in [1.29, 1.82) is 0 Å². The van der Waals surface area contributed by atoms with E-state index in [1.54, 1.807) is 0 Å². The highest BCUT2D eigenvalue weighted by Gasteiger charge is 2.17. The van der Waals surface area contributed by atoms with Crippen molar-refractivity contribution in [3.8, 4) is 11.4 Å². The largest absolute Gasteiger partial charge is 0.383 e. The zero-order chi connectivity index (χ0) is 14.9. The molecule has 0 saturated heterocycles. The Labute approximate surface area is 130 Å². The van der Waals surface area contributed by atoms with Crippen LogP contribution in [0.4, 0.5) is 14.6 Å². The fourth-order valence-electron chi connectivity index (χ4n) is 1.56. The van der Waals surface area contributed by atoms with Gasteiger partial charge in [-0.25, -0.2) is 18.7 Å². The van der Waals surface area contributed by atoms with E-state index in [2.05, 4.69) is 41.8 Å². The van der Waals surface area contributed by atoms with Gasteiger partial charge in [0.15, 0.2) is 17.5 Å². The van der Waals surface area contributed by atoms with Gasteiger partial charge in [-0.1, -0.05) is 0 Å². The van der Waals surface area contributed by atoms with Crippen molar-refractivity contribution in [2.45, 2.75) is 6.61 Å². The van der Waals surface area contributed by atoms with Gasteiger partial charge < -0.3 is 10.5 Å². The topological polar surface area (TPSA) is 61.0 Å². The van der Waals surface area contributed by atoms with Gasteiger partial charge in [0, 0.05) is 12.7 Å². The monoisotopic (exact) mass is 407 g/mol. The summed E-state index contributed by atoms with van der Waals surface area (Å²) in [5, 5.41) is 0. The molecule has 0 aliphatic rings. The molecule has 0 amide bonds. The lowest BCUT2D eigenvalue weighted by Gasteiger charge is -2.10. The molecule has 0 radical (unpaired) electrons. The Morgan fingerprint density at radius 2 is 1.90 bits per heavy atom. The summed E-state index contributed by atoms with van der Waals surface area (Å²) < 4.78 is 32.2. The van der Waals surface area contributed by atoms with E-state index in [0.29, 0.717) is 15.7 Å². The van der Waals surface area contributed by atoms with E-state index in [0.717, 1.165) is 6.07 Å². The number of nitrogens with zero attached hydrogens (tertiary/aromatic N) is 2. The number of benzene rings is 1. The van der Waals surface area contributed by atoms with Crippen molar-refractivity contribution in [3.63, 3.8) is 0 Å². The number of methoxy groups -OCH3 is 1. The Bertz CT molecular complexity index is 668. The van der Waals surface area contributed by atoms with E-state index in [-0.39, 0.29) is 22.7 Å². The number of hydrogen-bond acceptors (Lipinski definition) is 4. The van der Waals surface area contributed by atoms with Crippen LogP contribution in [0.2, 0.25) is 0 Å². The predicted octanol–water partition coefficient (Wildman–Crippen LogP) is 3.68. The number of halogens is 4. The van der Waals surface area contributed by atoms with Crippen LogP contribution in [-0.4, -0.2) is 17.1 Å². The van der Waals surface area contributed by atoms with Gasteiger partial charge in [-0.3, -0.25) is 0 Å². The number of hydrogen-bond donors (Lipinski definition) is 1. The summed E-state index contributed by atoms with van der Waals surface area (Å²) in [6, 6.07) is 2.38. The molecule has 0 bridgehead atoms. The summed E-state index contributed by atoms with van der Waals surface area (Å²) in [6.45, 7) is 0.210. The molecule has 0 spiro atoms. The second kappa shape index (κ2) is 6.11. The summed E-state index contributed by atoms with van der Waals surface area (Å²) >= 11 is 6.25. The molecule has 4 nitrogen and oxygen atoms in total. The normalized spacial score (nSPS) is 10.8. The third-order valence-electron chi connectivity index (χ3n) is 2.50. The third-order valence-corrected chi connectivity index (χ3v) is 4.14. The number of ether oxygens (including phenoxy) is 1. The first-order chi connectivity index (χ1) is 9.45. The van der Waals surface area contributed by atoms with Gasteiger partial charge >= 0.3 is 0 Å². The molecule has 2 aromatic rings. The molecule has 8 heteroatoms. The number of aromatic nitrogens is 2. The molecule has 0 atom stereocenters. The predicted molar refractivity (Wildman–Crippen MR) is 77.9 cm³/mol. The van der Waals surface area contributed by atoms with Crippen LogP contribution in [0.15, 0.2) is 21.1 Å². The van der Waals surface area contributed by atoms with Crippen LogP contribution < -0.4 is 5.73 Å². The molecule has 0 saturated carbocycles. The van der Waals surface area contributed by atoms with E-state index in [9.17, 15) is 8.78 Å². The molecule has 0 aliphatic carbocycles. The average molecular weight is 409 g/mol. The summed E-state index contributed by atoms with van der Waals surface area (Å²) in [6.07, 6.45) is 0. The fraction of sp³-hybridized carbons (Fsp3) is 0.167. The molecular weight excluding hydrogens is 400 g/mol. The van der Waals surface area contributed by atoms with Gasteiger partial charge in [0.2, 0.25) is 0 Å². The first-order valence-corrected chi connectivity index (χ1v) is 6.99. The van der Waals surface area contributed by atoms with Crippen molar-refractivity contribution in [3.05, 3.63) is 38.4 Å². The number of nitrogen functional groups attached to an aromatic ring is 1. The number of nitrogens with two attached hydrogens (primary N) is 1. The van der Waals surface area contributed by atoms with Gasteiger partial charge in [0.1, 0.15) is 5.82 Å². The molecule has 1 aromatic carbocycles. The van der Waals surface area contributed by atoms with Crippen LogP contribution in [0.1, 0.15) is 5.69 Å². The van der Waals surface area contributed by atoms with Crippen LogP contribution in [0.5, 0.6) is 0 Å². The lowest BCUT2D eigenvalue weighted by atomic mass is 10.2. The van der Waals surface area contributed by atoms with Crippen LogP contribution in [0, 0.1) is 11.6 Å². The molecule has 0 unspecified atom stereocenters. The lowest BCUT2D eigenvalue weighted by Crippen LogP contribution is -2.04. The molecular formula is C12H9Br2F2N3O. The van der Waals surface area contributed by atoms with Gasteiger partial charge in [-0.15, -0.1) is 0 Å². The van der Waals surface area contributed by atoms with E-state index in [4.69, 9.17) is 10.5 Å². The highest BCUT2D eigenvalue weighted by atomic mass is 79.9. The molecule has 106 valence electrons. The molecule has 0 fully saturated rings. The van der Waals surface area contributed by atoms with Crippen molar-refractivity contribution in [1.82, 2.24) is 9.97 Å². The highest BCUT2D eigenvalue weighted by Crippen LogP contribution is 2.32. The second-order valence-corrected chi connectivity index (χ2v) is 5.44.